The first kappa shape index (κ1) is 19.3. The normalized spacial score (nSPS) is 18.2. The lowest BCUT2D eigenvalue weighted by molar-refractivity contribution is 0.0707. The van der Waals surface area contributed by atoms with Crippen molar-refractivity contribution in [3.05, 3.63) is 47.8 Å². The Bertz CT molecular complexity index is 896. The Morgan fingerprint density at radius 3 is 2.37 bits per heavy atom. The lowest BCUT2D eigenvalue weighted by Crippen LogP contribution is -2.41. The average Bonchev–Trinajstić information content (AvgIpc) is 3.03. The van der Waals surface area contributed by atoms with E-state index in [1.165, 1.54) is 18.0 Å². The van der Waals surface area contributed by atoms with E-state index >= 15 is 0 Å². The van der Waals surface area contributed by atoms with Crippen LogP contribution in [0.25, 0.3) is 0 Å². The summed E-state index contributed by atoms with van der Waals surface area (Å²) in [5.41, 5.74) is 2.47. The van der Waals surface area contributed by atoms with Crippen LogP contribution in [-0.2, 0) is 16.3 Å². The molecule has 1 atom stereocenters. The van der Waals surface area contributed by atoms with Gasteiger partial charge in [0.15, 0.2) is 9.84 Å². The van der Waals surface area contributed by atoms with Crippen LogP contribution in [0.3, 0.4) is 0 Å². The van der Waals surface area contributed by atoms with Crippen LogP contribution in [0.15, 0.2) is 36.7 Å². The van der Waals surface area contributed by atoms with Crippen molar-refractivity contribution in [3.63, 3.8) is 0 Å². The Hall–Kier alpha value is -2.48. The van der Waals surface area contributed by atoms with Gasteiger partial charge >= 0.3 is 0 Å². The minimum absolute atomic E-state index is 0.0286. The minimum atomic E-state index is -3.05. The largest absolute Gasteiger partial charge is 0.335 e. The highest BCUT2D eigenvalue weighted by molar-refractivity contribution is 7.91. The van der Waals surface area contributed by atoms with Gasteiger partial charge in [-0.05, 0) is 37.5 Å². The van der Waals surface area contributed by atoms with E-state index in [9.17, 15) is 13.2 Å². The number of amides is 1. The van der Waals surface area contributed by atoms with Gasteiger partial charge in [0.2, 0.25) is 5.95 Å². The molecule has 1 aliphatic heterocycles. The van der Waals surface area contributed by atoms with Crippen LogP contribution in [0.4, 0.5) is 11.6 Å². The predicted octanol–water partition coefficient (Wildman–Crippen LogP) is 2.43. The average molecular weight is 388 g/mol. The van der Waals surface area contributed by atoms with Crippen molar-refractivity contribution in [2.24, 2.45) is 0 Å². The molecule has 27 heavy (non-hydrogen) atoms. The summed E-state index contributed by atoms with van der Waals surface area (Å²) in [5, 5.41) is 3.10. The van der Waals surface area contributed by atoms with Gasteiger partial charge in [-0.3, -0.25) is 4.79 Å². The fraction of sp³-hybridized carbons (Fsp3) is 0.421. The molecule has 1 amide bonds. The number of hydrogen-bond acceptors (Lipinski definition) is 6. The van der Waals surface area contributed by atoms with E-state index in [0.717, 1.165) is 12.1 Å². The van der Waals surface area contributed by atoms with Crippen LogP contribution in [0, 0.1) is 0 Å². The van der Waals surface area contributed by atoms with Crippen molar-refractivity contribution in [1.82, 2.24) is 14.9 Å². The quantitative estimate of drug-likeness (QED) is 0.817. The summed E-state index contributed by atoms with van der Waals surface area (Å²) < 4.78 is 23.4. The van der Waals surface area contributed by atoms with Gasteiger partial charge < -0.3 is 10.2 Å². The first-order chi connectivity index (χ1) is 12.9. The molecule has 0 saturated carbocycles. The molecule has 1 aromatic heterocycles. The van der Waals surface area contributed by atoms with Crippen LogP contribution >= 0.6 is 0 Å². The van der Waals surface area contributed by atoms with Crippen molar-refractivity contribution in [3.8, 4) is 0 Å². The van der Waals surface area contributed by atoms with Crippen molar-refractivity contribution < 1.29 is 13.2 Å². The predicted molar refractivity (Wildman–Crippen MR) is 105 cm³/mol. The van der Waals surface area contributed by atoms with Crippen LogP contribution in [0.5, 0.6) is 0 Å². The Labute approximate surface area is 159 Å². The summed E-state index contributed by atoms with van der Waals surface area (Å²) in [7, 11) is -3.05. The van der Waals surface area contributed by atoms with E-state index in [1.807, 2.05) is 31.2 Å². The molecule has 0 spiro atoms. The zero-order valence-corrected chi connectivity index (χ0v) is 16.4. The number of benzene rings is 1. The second-order valence-corrected chi connectivity index (χ2v) is 8.85. The highest BCUT2D eigenvalue weighted by atomic mass is 32.2. The second kappa shape index (κ2) is 8.04. The molecule has 8 heteroatoms. The molecule has 1 aliphatic rings. The van der Waals surface area contributed by atoms with Crippen molar-refractivity contribution in [1.29, 1.82) is 0 Å². The molecule has 3 rings (SSSR count). The maximum atomic E-state index is 12.7. The number of rotatable bonds is 6. The van der Waals surface area contributed by atoms with Crippen molar-refractivity contribution in [2.45, 2.75) is 32.7 Å². The molecule has 1 saturated heterocycles. The van der Waals surface area contributed by atoms with E-state index in [2.05, 4.69) is 22.2 Å². The molecule has 0 bridgehead atoms. The zero-order valence-electron chi connectivity index (χ0n) is 15.6. The lowest BCUT2D eigenvalue weighted by atomic mass is 10.1. The monoisotopic (exact) mass is 388 g/mol. The standard InChI is InChI=1S/C19H24N4O3S/c1-3-14-5-7-16(8-6-14)22-19-20-11-15(12-21-19)18(24)23(4-2)17-9-10-27(25,26)13-17/h5-8,11-12,17H,3-4,9-10,13H2,1-2H3,(H,20,21,22). The summed E-state index contributed by atoms with van der Waals surface area (Å²) in [6.45, 7) is 4.39. The summed E-state index contributed by atoms with van der Waals surface area (Å²) >= 11 is 0. The molecule has 0 aliphatic carbocycles. The molecular formula is C19H24N4O3S. The van der Waals surface area contributed by atoms with Gasteiger partial charge in [0.25, 0.3) is 5.91 Å². The number of anilines is 2. The number of aryl methyl sites for hydroxylation is 1. The molecule has 1 N–H and O–H groups in total. The molecule has 0 radical (unpaired) electrons. The molecule has 2 heterocycles. The first-order valence-corrected chi connectivity index (χ1v) is 10.9. The van der Waals surface area contributed by atoms with Crippen molar-refractivity contribution >= 4 is 27.4 Å². The van der Waals surface area contributed by atoms with Gasteiger partial charge in [-0.25, -0.2) is 18.4 Å². The number of sulfone groups is 1. The molecule has 1 unspecified atom stereocenters. The highest BCUT2D eigenvalue weighted by Gasteiger charge is 2.34. The maximum Gasteiger partial charge on any atom is 0.257 e. The SMILES string of the molecule is CCc1ccc(Nc2ncc(C(=O)N(CC)C3CCS(=O)(=O)C3)cn2)cc1. The van der Waals surface area contributed by atoms with Crippen LogP contribution in [0.1, 0.15) is 36.2 Å². The van der Waals surface area contributed by atoms with E-state index in [-0.39, 0.29) is 23.5 Å². The zero-order chi connectivity index (χ0) is 19.4. The number of aromatic nitrogens is 2. The third-order valence-corrected chi connectivity index (χ3v) is 6.52. The minimum Gasteiger partial charge on any atom is -0.335 e. The molecule has 1 fully saturated rings. The number of nitrogens with one attached hydrogen (secondary N) is 1. The third-order valence-electron chi connectivity index (χ3n) is 4.77. The molecular weight excluding hydrogens is 364 g/mol. The molecule has 7 nitrogen and oxygen atoms in total. The van der Waals surface area contributed by atoms with E-state index < -0.39 is 9.84 Å². The Balaban J connectivity index is 1.69. The van der Waals surface area contributed by atoms with Crippen molar-refractivity contribution in [2.75, 3.05) is 23.4 Å². The number of hydrogen-bond donors (Lipinski definition) is 1. The summed E-state index contributed by atoms with van der Waals surface area (Å²) in [5.74, 6) is 0.332. The van der Waals surface area contributed by atoms with Gasteiger partial charge in [0.1, 0.15) is 0 Å². The van der Waals surface area contributed by atoms with Gasteiger partial charge in [-0.2, -0.15) is 0 Å². The Kier molecular flexibility index (Phi) is 5.74. The highest BCUT2D eigenvalue weighted by Crippen LogP contribution is 2.20. The molecule has 2 aromatic rings. The second-order valence-electron chi connectivity index (χ2n) is 6.62. The van der Waals surface area contributed by atoms with Gasteiger partial charge in [0.05, 0.1) is 17.1 Å². The number of carbonyl (C=O) groups excluding carboxylic acids is 1. The van der Waals surface area contributed by atoms with Gasteiger partial charge in [-0.1, -0.05) is 19.1 Å². The molecule has 144 valence electrons. The Morgan fingerprint density at radius 1 is 1.19 bits per heavy atom. The van der Waals surface area contributed by atoms with E-state index in [4.69, 9.17) is 0 Å². The smallest absolute Gasteiger partial charge is 0.257 e. The Morgan fingerprint density at radius 2 is 1.85 bits per heavy atom. The topological polar surface area (TPSA) is 92.3 Å². The summed E-state index contributed by atoms with van der Waals surface area (Å²) in [6.07, 6.45) is 4.41. The van der Waals surface area contributed by atoms with Crippen LogP contribution in [0.2, 0.25) is 0 Å². The van der Waals surface area contributed by atoms with E-state index in [0.29, 0.717) is 24.5 Å². The van der Waals surface area contributed by atoms with Crippen LogP contribution < -0.4 is 5.32 Å². The summed E-state index contributed by atoms with van der Waals surface area (Å²) in [6, 6.07) is 7.72. The fourth-order valence-corrected chi connectivity index (χ4v) is 4.94. The summed E-state index contributed by atoms with van der Waals surface area (Å²) in [4.78, 5) is 22.8. The van der Waals surface area contributed by atoms with Gasteiger partial charge in [-0.15, -0.1) is 0 Å². The van der Waals surface area contributed by atoms with Crippen LogP contribution in [-0.4, -0.2) is 53.3 Å². The number of carbonyl (C=O) groups is 1. The first-order valence-electron chi connectivity index (χ1n) is 9.11. The fourth-order valence-electron chi connectivity index (χ4n) is 3.21. The van der Waals surface area contributed by atoms with E-state index in [1.54, 1.807) is 4.90 Å². The van der Waals surface area contributed by atoms with Gasteiger partial charge in [0, 0.05) is 30.7 Å². The molecule has 1 aromatic carbocycles. The number of nitrogens with zero attached hydrogens (tertiary/aromatic N) is 3. The third kappa shape index (κ3) is 4.63. The lowest BCUT2D eigenvalue weighted by Gasteiger charge is -2.26. The maximum absolute atomic E-state index is 12.7.